The van der Waals surface area contributed by atoms with Gasteiger partial charge >= 0.3 is 0 Å². The highest BCUT2D eigenvalue weighted by atomic mass is 35.5. The van der Waals surface area contributed by atoms with Gasteiger partial charge in [0.25, 0.3) is 5.89 Å². The molecule has 1 amide bonds. The van der Waals surface area contributed by atoms with Gasteiger partial charge in [-0.25, -0.2) is 0 Å². The van der Waals surface area contributed by atoms with Crippen molar-refractivity contribution in [3.63, 3.8) is 0 Å². The van der Waals surface area contributed by atoms with Crippen molar-refractivity contribution in [1.82, 2.24) is 10.1 Å². The molecule has 1 aliphatic carbocycles. The highest BCUT2D eigenvalue weighted by Crippen LogP contribution is 2.38. The summed E-state index contributed by atoms with van der Waals surface area (Å²) >= 11 is 0. The lowest BCUT2D eigenvalue weighted by Gasteiger charge is -2.04. The number of aromatic nitrogens is 2. The molecule has 1 saturated carbocycles. The maximum atomic E-state index is 12.0. The van der Waals surface area contributed by atoms with Crippen molar-refractivity contribution in [3.8, 4) is 22.8 Å². The standard InChI is InChI=1S/C20H20N4O2.ClH/c1-12-10-17(12)19(25)22-16-8-6-15(7-9-16)20-23-18(24-26-20)14-4-2-13(11-21)3-5-14;/h2-9,12,17H,10-11,21H2,1H3,(H,22,25);1H. The molecule has 2 unspecified atom stereocenters. The van der Waals surface area contributed by atoms with Crippen molar-refractivity contribution >= 4 is 24.0 Å². The molecule has 27 heavy (non-hydrogen) atoms. The predicted molar refractivity (Wildman–Crippen MR) is 106 cm³/mol. The summed E-state index contributed by atoms with van der Waals surface area (Å²) in [6.07, 6.45) is 0.973. The second kappa shape index (κ2) is 7.90. The fraction of sp³-hybridized carbons (Fsp3) is 0.250. The van der Waals surface area contributed by atoms with Crippen LogP contribution in [0.25, 0.3) is 22.8 Å². The minimum absolute atomic E-state index is 0. The van der Waals surface area contributed by atoms with E-state index in [2.05, 4.69) is 22.4 Å². The average Bonchev–Trinajstić information content (AvgIpc) is 3.21. The van der Waals surface area contributed by atoms with E-state index in [1.54, 1.807) is 0 Å². The number of rotatable bonds is 5. The molecule has 0 bridgehead atoms. The van der Waals surface area contributed by atoms with Gasteiger partial charge in [0, 0.05) is 29.3 Å². The quantitative estimate of drug-likeness (QED) is 0.696. The van der Waals surface area contributed by atoms with Gasteiger partial charge < -0.3 is 15.6 Å². The molecule has 140 valence electrons. The number of amides is 1. The third-order valence-electron chi connectivity index (χ3n) is 4.72. The lowest BCUT2D eigenvalue weighted by molar-refractivity contribution is -0.117. The van der Waals surface area contributed by atoms with Crippen LogP contribution in [-0.2, 0) is 11.3 Å². The molecule has 3 aromatic rings. The summed E-state index contributed by atoms with van der Waals surface area (Å²) in [4.78, 5) is 16.4. The van der Waals surface area contributed by atoms with Crippen LogP contribution in [0.15, 0.2) is 53.1 Å². The summed E-state index contributed by atoms with van der Waals surface area (Å²) < 4.78 is 5.37. The second-order valence-electron chi connectivity index (χ2n) is 6.71. The molecule has 0 saturated heterocycles. The predicted octanol–water partition coefficient (Wildman–Crippen LogP) is 3.88. The van der Waals surface area contributed by atoms with E-state index in [0.717, 1.165) is 28.8 Å². The largest absolute Gasteiger partial charge is 0.334 e. The van der Waals surface area contributed by atoms with E-state index in [9.17, 15) is 4.79 Å². The van der Waals surface area contributed by atoms with E-state index in [1.807, 2.05) is 48.5 Å². The second-order valence-corrected chi connectivity index (χ2v) is 6.71. The van der Waals surface area contributed by atoms with E-state index in [1.165, 1.54) is 0 Å². The van der Waals surface area contributed by atoms with Gasteiger partial charge in [0.2, 0.25) is 11.7 Å². The Morgan fingerprint density at radius 3 is 2.37 bits per heavy atom. The molecule has 1 aromatic heterocycles. The molecule has 3 N–H and O–H groups in total. The van der Waals surface area contributed by atoms with E-state index in [-0.39, 0.29) is 24.2 Å². The first-order valence-electron chi connectivity index (χ1n) is 8.68. The molecule has 2 aromatic carbocycles. The lowest BCUT2D eigenvalue weighted by atomic mass is 10.1. The fourth-order valence-corrected chi connectivity index (χ4v) is 2.87. The van der Waals surface area contributed by atoms with Gasteiger partial charge in [0.05, 0.1) is 0 Å². The molecule has 6 nitrogen and oxygen atoms in total. The zero-order valence-corrected chi connectivity index (χ0v) is 15.7. The maximum Gasteiger partial charge on any atom is 0.258 e. The van der Waals surface area contributed by atoms with Crippen molar-refractivity contribution in [1.29, 1.82) is 0 Å². The highest BCUT2D eigenvalue weighted by molar-refractivity contribution is 5.94. The van der Waals surface area contributed by atoms with Gasteiger partial charge in [-0.15, -0.1) is 12.4 Å². The summed E-state index contributed by atoms with van der Waals surface area (Å²) in [7, 11) is 0. The van der Waals surface area contributed by atoms with Crippen LogP contribution in [0.2, 0.25) is 0 Å². The summed E-state index contributed by atoms with van der Waals surface area (Å²) in [6, 6.07) is 15.2. The first-order chi connectivity index (χ1) is 12.6. The number of hydrogen-bond donors (Lipinski definition) is 2. The van der Waals surface area contributed by atoms with E-state index in [0.29, 0.717) is 24.2 Å². The zero-order valence-electron chi connectivity index (χ0n) is 14.9. The SMILES string of the molecule is CC1CC1C(=O)Nc1ccc(-c2nc(-c3ccc(CN)cc3)no2)cc1.Cl. The Balaban J connectivity index is 0.00000210. The molecule has 1 heterocycles. The summed E-state index contributed by atoms with van der Waals surface area (Å²) in [6.45, 7) is 2.59. The molecule has 2 atom stereocenters. The molecule has 1 aliphatic rings. The van der Waals surface area contributed by atoms with Gasteiger partial charge in [-0.2, -0.15) is 4.98 Å². The number of benzene rings is 2. The Bertz CT molecular complexity index is 922. The van der Waals surface area contributed by atoms with E-state index < -0.39 is 0 Å². The zero-order chi connectivity index (χ0) is 18.1. The Labute approximate surface area is 163 Å². The monoisotopic (exact) mass is 384 g/mol. The van der Waals surface area contributed by atoms with Crippen molar-refractivity contribution in [2.24, 2.45) is 17.6 Å². The van der Waals surface area contributed by atoms with Crippen LogP contribution in [0.1, 0.15) is 18.9 Å². The topological polar surface area (TPSA) is 94.0 Å². The third kappa shape index (κ3) is 4.18. The molecule has 4 rings (SSSR count). The Hall–Kier alpha value is -2.70. The number of carbonyl (C=O) groups excluding carboxylic acids is 1. The first kappa shape index (κ1) is 19.1. The number of carbonyl (C=O) groups is 1. The van der Waals surface area contributed by atoms with Gasteiger partial charge in [-0.3, -0.25) is 4.79 Å². The van der Waals surface area contributed by atoms with Gasteiger partial charge in [-0.1, -0.05) is 36.3 Å². The smallest absolute Gasteiger partial charge is 0.258 e. The van der Waals surface area contributed by atoms with Crippen LogP contribution in [0, 0.1) is 11.8 Å². The Morgan fingerprint density at radius 2 is 1.78 bits per heavy atom. The number of nitrogens with one attached hydrogen (secondary N) is 1. The summed E-state index contributed by atoms with van der Waals surface area (Å²) in [5, 5.41) is 6.98. The molecule has 0 aliphatic heterocycles. The highest BCUT2D eigenvalue weighted by Gasteiger charge is 2.39. The molecule has 0 radical (unpaired) electrons. The normalized spacial score (nSPS) is 17.9. The summed E-state index contributed by atoms with van der Waals surface area (Å²) in [5.41, 5.74) is 9.12. The molecular formula is C20H21ClN4O2. The Morgan fingerprint density at radius 1 is 1.15 bits per heavy atom. The maximum absolute atomic E-state index is 12.0. The average molecular weight is 385 g/mol. The van der Waals surface area contributed by atoms with E-state index in [4.69, 9.17) is 10.3 Å². The lowest BCUT2D eigenvalue weighted by Crippen LogP contribution is -2.14. The van der Waals surface area contributed by atoms with Crippen molar-refractivity contribution in [2.45, 2.75) is 19.9 Å². The van der Waals surface area contributed by atoms with Crippen LogP contribution in [0.4, 0.5) is 5.69 Å². The first-order valence-corrected chi connectivity index (χ1v) is 8.68. The third-order valence-corrected chi connectivity index (χ3v) is 4.72. The van der Waals surface area contributed by atoms with Gasteiger partial charge in [0.15, 0.2) is 0 Å². The minimum atomic E-state index is 0. The number of nitrogens with two attached hydrogens (primary N) is 1. The number of anilines is 1. The van der Waals surface area contributed by atoms with Gasteiger partial charge in [0.1, 0.15) is 0 Å². The molecule has 1 fully saturated rings. The number of nitrogens with zero attached hydrogens (tertiary/aromatic N) is 2. The number of hydrogen-bond acceptors (Lipinski definition) is 5. The van der Waals surface area contributed by atoms with Crippen LogP contribution >= 0.6 is 12.4 Å². The molecular weight excluding hydrogens is 364 g/mol. The fourth-order valence-electron chi connectivity index (χ4n) is 2.87. The van der Waals surface area contributed by atoms with Crippen LogP contribution in [0.3, 0.4) is 0 Å². The number of halogens is 1. The van der Waals surface area contributed by atoms with Crippen molar-refractivity contribution in [2.75, 3.05) is 5.32 Å². The van der Waals surface area contributed by atoms with Crippen molar-refractivity contribution < 1.29 is 9.32 Å². The van der Waals surface area contributed by atoms with Crippen molar-refractivity contribution in [3.05, 3.63) is 54.1 Å². The summed E-state index contributed by atoms with van der Waals surface area (Å²) in [5.74, 6) is 1.70. The van der Waals surface area contributed by atoms with Crippen LogP contribution in [-0.4, -0.2) is 16.0 Å². The van der Waals surface area contributed by atoms with Gasteiger partial charge in [-0.05, 0) is 42.2 Å². The van der Waals surface area contributed by atoms with Crippen LogP contribution < -0.4 is 11.1 Å². The Kier molecular flexibility index (Phi) is 5.58. The van der Waals surface area contributed by atoms with Crippen LogP contribution in [0.5, 0.6) is 0 Å². The molecule has 7 heteroatoms. The molecule has 0 spiro atoms. The van der Waals surface area contributed by atoms with E-state index >= 15 is 0 Å². The minimum Gasteiger partial charge on any atom is -0.334 e.